The molecule has 19 heavy (non-hydrogen) atoms. The molecule has 0 fully saturated rings. The Morgan fingerprint density at radius 1 is 0.947 bits per heavy atom. The van der Waals surface area contributed by atoms with Crippen LogP contribution in [0.25, 0.3) is 0 Å². The van der Waals surface area contributed by atoms with E-state index < -0.39 is 0 Å². The van der Waals surface area contributed by atoms with Gasteiger partial charge in [0.15, 0.2) is 0 Å². The van der Waals surface area contributed by atoms with Gasteiger partial charge in [-0.25, -0.2) is 0 Å². The lowest BCUT2D eigenvalue weighted by Crippen LogP contribution is -2.25. The minimum atomic E-state index is 0.737. The smallest absolute Gasteiger partial charge is 0.123 e. The van der Waals surface area contributed by atoms with E-state index in [4.69, 9.17) is 4.74 Å². The first-order valence-electron chi connectivity index (χ1n) is 7.74. The average Bonchev–Trinajstić information content (AvgIpc) is 2.44. The quantitative estimate of drug-likeness (QED) is 0.617. The maximum Gasteiger partial charge on any atom is 0.123 e. The Bertz CT molecular complexity index is 330. The van der Waals surface area contributed by atoms with E-state index in [2.05, 4.69) is 43.0 Å². The summed E-state index contributed by atoms with van der Waals surface area (Å²) in [7, 11) is 0. The molecule has 2 nitrogen and oxygen atoms in total. The zero-order chi connectivity index (χ0) is 13.9. The zero-order valence-corrected chi connectivity index (χ0v) is 12.8. The minimum Gasteiger partial charge on any atom is -0.494 e. The average molecular weight is 263 g/mol. The number of unbranched alkanes of at least 4 members (excludes halogenated alkanes) is 2. The molecule has 0 saturated heterocycles. The number of nitrogens with zero attached hydrogens (tertiary/aromatic N) is 1. The zero-order valence-electron chi connectivity index (χ0n) is 12.8. The second kappa shape index (κ2) is 9.85. The van der Waals surface area contributed by atoms with Crippen molar-refractivity contribution in [3.8, 4) is 5.75 Å². The summed E-state index contributed by atoms with van der Waals surface area (Å²) >= 11 is 0. The highest BCUT2D eigenvalue weighted by Crippen LogP contribution is 2.20. The van der Waals surface area contributed by atoms with Gasteiger partial charge in [0.05, 0.1) is 6.61 Å². The molecule has 0 atom stereocenters. The first kappa shape index (κ1) is 16.0. The van der Waals surface area contributed by atoms with Crippen molar-refractivity contribution < 1.29 is 4.74 Å². The molecule has 0 radical (unpaired) electrons. The SMILES string of the molecule is CCCCN(CCCC)Cc1ccccc1OCC. The van der Waals surface area contributed by atoms with Crippen molar-refractivity contribution in [2.75, 3.05) is 19.7 Å². The molecule has 0 aliphatic carbocycles. The summed E-state index contributed by atoms with van der Waals surface area (Å²) in [5.74, 6) is 1.04. The van der Waals surface area contributed by atoms with Gasteiger partial charge >= 0.3 is 0 Å². The van der Waals surface area contributed by atoms with Crippen molar-refractivity contribution in [2.24, 2.45) is 0 Å². The van der Waals surface area contributed by atoms with Gasteiger partial charge in [0.2, 0.25) is 0 Å². The van der Waals surface area contributed by atoms with Crippen LogP contribution < -0.4 is 4.74 Å². The molecule has 0 amide bonds. The second-order valence-corrected chi connectivity index (χ2v) is 5.02. The normalized spacial score (nSPS) is 10.9. The molecule has 1 rings (SSSR count). The van der Waals surface area contributed by atoms with Gasteiger partial charge in [-0.2, -0.15) is 0 Å². The fourth-order valence-electron chi connectivity index (χ4n) is 2.21. The summed E-state index contributed by atoms with van der Waals surface area (Å²) in [6.07, 6.45) is 5.08. The molecule has 0 aliphatic rings. The molecular formula is C17H29NO. The van der Waals surface area contributed by atoms with Gasteiger partial charge in [-0.1, -0.05) is 44.9 Å². The molecule has 2 heteroatoms. The van der Waals surface area contributed by atoms with E-state index in [1.54, 1.807) is 0 Å². The number of hydrogen-bond donors (Lipinski definition) is 0. The highest BCUT2D eigenvalue weighted by atomic mass is 16.5. The summed E-state index contributed by atoms with van der Waals surface area (Å²) in [4.78, 5) is 2.56. The fourth-order valence-corrected chi connectivity index (χ4v) is 2.21. The third-order valence-corrected chi connectivity index (χ3v) is 3.32. The predicted octanol–water partition coefficient (Wildman–Crippen LogP) is 4.49. The van der Waals surface area contributed by atoms with Crippen LogP contribution in [0.5, 0.6) is 5.75 Å². The summed E-state index contributed by atoms with van der Waals surface area (Å²) in [5, 5.41) is 0. The molecule has 0 aliphatic heterocycles. The van der Waals surface area contributed by atoms with Gasteiger partial charge in [-0.15, -0.1) is 0 Å². The van der Waals surface area contributed by atoms with Crippen LogP contribution in [-0.2, 0) is 6.54 Å². The Labute approximate surface area is 118 Å². The standard InChI is InChI=1S/C17H29NO/c1-4-7-13-18(14-8-5-2)15-16-11-9-10-12-17(16)19-6-3/h9-12H,4-8,13-15H2,1-3H3. The summed E-state index contributed by atoms with van der Waals surface area (Å²) in [6.45, 7) is 10.7. The molecule has 0 aromatic heterocycles. The minimum absolute atomic E-state index is 0.737. The Balaban J connectivity index is 2.65. The molecule has 0 spiro atoms. The van der Waals surface area contributed by atoms with E-state index in [1.807, 2.05) is 6.92 Å². The van der Waals surface area contributed by atoms with Gasteiger partial charge in [-0.05, 0) is 38.9 Å². The van der Waals surface area contributed by atoms with E-state index in [-0.39, 0.29) is 0 Å². The van der Waals surface area contributed by atoms with Crippen LogP contribution in [0.1, 0.15) is 52.0 Å². The van der Waals surface area contributed by atoms with E-state index >= 15 is 0 Å². The Morgan fingerprint density at radius 2 is 1.58 bits per heavy atom. The van der Waals surface area contributed by atoms with Crippen molar-refractivity contribution in [3.63, 3.8) is 0 Å². The third-order valence-electron chi connectivity index (χ3n) is 3.32. The molecule has 1 aromatic carbocycles. The first-order chi connectivity index (χ1) is 9.31. The van der Waals surface area contributed by atoms with E-state index in [1.165, 1.54) is 44.3 Å². The van der Waals surface area contributed by atoms with Crippen LogP contribution in [0.2, 0.25) is 0 Å². The second-order valence-electron chi connectivity index (χ2n) is 5.02. The predicted molar refractivity (Wildman–Crippen MR) is 82.7 cm³/mol. The Kier molecular flexibility index (Phi) is 8.31. The molecule has 0 N–H and O–H groups in total. The lowest BCUT2D eigenvalue weighted by atomic mass is 10.1. The van der Waals surface area contributed by atoms with Crippen LogP contribution in [0.3, 0.4) is 0 Å². The van der Waals surface area contributed by atoms with E-state index in [0.29, 0.717) is 0 Å². The number of hydrogen-bond acceptors (Lipinski definition) is 2. The Hall–Kier alpha value is -1.02. The van der Waals surface area contributed by atoms with Crippen molar-refractivity contribution in [1.29, 1.82) is 0 Å². The summed E-state index contributed by atoms with van der Waals surface area (Å²) < 4.78 is 5.72. The maximum absolute atomic E-state index is 5.72. The monoisotopic (exact) mass is 263 g/mol. The molecule has 0 bridgehead atoms. The molecule has 108 valence electrons. The largest absolute Gasteiger partial charge is 0.494 e. The number of ether oxygens (including phenoxy) is 1. The van der Waals surface area contributed by atoms with Crippen LogP contribution in [0, 0.1) is 0 Å². The van der Waals surface area contributed by atoms with E-state index in [0.717, 1.165) is 18.9 Å². The van der Waals surface area contributed by atoms with Gasteiger partial charge < -0.3 is 4.74 Å². The van der Waals surface area contributed by atoms with Crippen molar-refractivity contribution >= 4 is 0 Å². The van der Waals surface area contributed by atoms with Crippen LogP contribution in [-0.4, -0.2) is 24.6 Å². The lowest BCUT2D eigenvalue weighted by Gasteiger charge is -2.23. The lowest BCUT2D eigenvalue weighted by molar-refractivity contribution is 0.250. The molecule has 1 aromatic rings. The fraction of sp³-hybridized carbons (Fsp3) is 0.647. The van der Waals surface area contributed by atoms with Gasteiger partial charge in [0.1, 0.15) is 5.75 Å². The van der Waals surface area contributed by atoms with Gasteiger partial charge in [0, 0.05) is 12.1 Å². The van der Waals surface area contributed by atoms with Gasteiger partial charge in [0.25, 0.3) is 0 Å². The topological polar surface area (TPSA) is 12.5 Å². The molecule has 0 saturated carbocycles. The van der Waals surface area contributed by atoms with Gasteiger partial charge in [-0.3, -0.25) is 4.90 Å². The van der Waals surface area contributed by atoms with Crippen LogP contribution >= 0.6 is 0 Å². The van der Waals surface area contributed by atoms with Crippen molar-refractivity contribution in [3.05, 3.63) is 29.8 Å². The number of para-hydroxylation sites is 1. The molecular weight excluding hydrogens is 234 g/mol. The highest BCUT2D eigenvalue weighted by Gasteiger charge is 2.09. The van der Waals surface area contributed by atoms with E-state index in [9.17, 15) is 0 Å². The number of rotatable bonds is 10. The van der Waals surface area contributed by atoms with Crippen molar-refractivity contribution in [1.82, 2.24) is 4.90 Å². The molecule has 0 heterocycles. The third kappa shape index (κ3) is 6.11. The summed E-state index contributed by atoms with van der Waals surface area (Å²) in [6, 6.07) is 8.43. The number of benzene rings is 1. The maximum atomic E-state index is 5.72. The highest BCUT2D eigenvalue weighted by molar-refractivity contribution is 5.33. The van der Waals surface area contributed by atoms with Crippen LogP contribution in [0.4, 0.5) is 0 Å². The molecule has 0 unspecified atom stereocenters. The summed E-state index contributed by atoms with van der Waals surface area (Å²) in [5.41, 5.74) is 1.32. The van der Waals surface area contributed by atoms with Crippen molar-refractivity contribution in [2.45, 2.75) is 53.0 Å². The first-order valence-corrected chi connectivity index (χ1v) is 7.74. The Morgan fingerprint density at radius 3 is 2.16 bits per heavy atom. The van der Waals surface area contributed by atoms with Crippen LogP contribution in [0.15, 0.2) is 24.3 Å².